The average molecular weight is 458 g/mol. The van der Waals surface area contributed by atoms with E-state index in [0.29, 0.717) is 0 Å². The molecule has 2 aliphatic heterocycles. The van der Waals surface area contributed by atoms with Gasteiger partial charge in [-0.2, -0.15) is 52.7 Å². The molecule has 2 heterocycles. The Morgan fingerprint density at radius 2 is 1.28 bits per heavy atom. The number of hydrogen-bond donors (Lipinski definition) is 0. The standard InChI is InChI=1S/C14H14F12O3/c1-2-9(15,16)11(19,20)13(23,24)14(25,26)12(21,22)10(17,18)8(6-29-8)5-27-3-7-4-28-7/h7H,2-6H2,1H3. The zero-order valence-corrected chi connectivity index (χ0v) is 14.4. The average Bonchev–Trinajstić information content (AvgIpc) is 3.49. The highest BCUT2D eigenvalue weighted by molar-refractivity contribution is 5.18. The van der Waals surface area contributed by atoms with Crippen LogP contribution in [0.25, 0.3) is 0 Å². The first kappa shape index (κ1) is 24.3. The summed E-state index contributed by atoms with van der Waals surface area (Å²) in [5.41, 5.74) is -3.53. The molecule has 172 valence electrons. The summed E-state index contributed by atoms with van der Waals surface area (Å²) in [7, 11) is 0. The van der Waals surface area contributed by atoms with Gasteiger partial charge in [-0.3, -0.25) is 0 Å². The van der Waals surface area contributed by atoms with Gasteiger partial charge in [-0.1, -0.05) is 6.92 Å². The predicted octanol–water partition coefficient (Wildman–Crippen LogP) is 4.39. The summed E-state index contributed by atoms with van der Waals surface area (Å²) in [5, 5.41) is 0. The molecule has 0 radical (unpaired) electrons. The summed E-state index contributed by atoms with van der Waals surface area (Å²) in [6.07, 6.45) is -2.74. The molecule has 0 aromatic rings. The zero-order chi connectivity index (χ0) is 22.7. The Hall–Kier alpha value is -0.960. The zero-order valence-electron chi connectivity index (χ0n) is 14.4. The van der Waals surface area contributed by atoms with Gasteiger partial charge < -0.3 is 14.2 Å². The van der Waals surface area contributed by atoms with Crippen molar-refractivity contribution in [3.63, 3.8) is 0 Å². The van der Waals surface area contributed by atoms with Gasteiger partial charge in [-0.25, -0.2) is 0 Å². The van der Waals surface area contributed by atoms with Gasteiger partial charge in [0.2, 0.25) is 0 Å². The predicted molar refractivity (Wildman–Crippen MR) is 69.2 cm³/mol. The second-order valence-corrected chi connectivity index (χ2v) is 6.68. The van der Waals surface area contributed by atoms with E-state index in [9.17, 15) is 52.7 Å². The third-order valence-electron chi connectivity index (χ3n) is 4.59. The molecule has 2 rings (SSSR count). The maximum atomic E-state index is 14.1. The quantitative estimate of drug-likeness (QED) is 0.340. The molecular weight excluding hydrogens is 444 g/mol. The summed E-state index contributed by atoms with van der Waals surface area (Å²) >= 11 is 0. The van der Waals surface area contributed by atoms with E-state index in [1.165, 1.54) is 0 Å². The maximum absolute atomic E-state index is 14.1. The minimum Gasteiger partial charge on any atom is -0.375 e. The van der Waals surface area contributed by atoms with Crippen LogP contribution in [0.2, 0.25) is 0 Å². The molecule has 0 aromatic carbocycles. The number of rotatable bonds is 11. The van der Waals surface area contributed by atoms with Crippen molar-refractivity contribution < 1.29 is 66.9 Å². The van der Waals surface area contributed by atoms with Crippen LogP contribution in [0.3, 0.4) is 0 Å². The lowest BCUT2D eigenvalue weighted by atomic mass is 9.86. The fraction of sp³-hybridized carbons (Fsp3) is 1.00. The molecule has 0 amide bonds. The largest absolute Gasteiger partial charge is 0.384 e. The minimum absolute atomic E-state index is 0.130. The van der Waals surface area contributed by atoms with Gasteiger partial charge in [0.1, 0.15) is 6.10 Å². The second-order valence-electron chi connectivity index (χ2n) is 6.68. The van der Waals surface area contributed by atoms with Gasteiger partial charge in [0.05, 0.1) is 26.4 Å². The van der Waals surface area contributed by atoms with Crippen LogP contribution in [0.15, 0.2) is 0 Å². The van der Waals surface area contributed by atoms with E-state index in [-0.39, 0.29) is 13.5 Å². The van der Waals surface area contributed by atoms with Crippen molar-refractivity contribution in [3.05, 3.63) is 0 Å². The highest BCUT2D eigenvalue weighted by Crippen LogP contribution is 2.63. The lowest BCUT2D eigenvalue weighted by Gasteiger charge is -2.42. The van der Waals surface area contributed by atoms with Gasteiger partial charge >= 0.3 is 35.5 Å². The number of alkyl halides is 12. The Morgan fingerprint density at radius 3 is 1.66 bits per heavy atom. The van der Waals surface area contributed by atoms with Crippen molar-refractivity contribution in [2.24, 2.45) is 0 Å². The third-order valence-corrected chi connectivity index (χ3v) is 4.59. The van der Waals surface area contributed by atoms with E-state index in [2.05, 4.69) is 14.2 Å². The van der Waals surface area contributed by atoms with Gasteiger partial charge in [-0.05, 0) is 0 Å². The van der Waals surface area contributed by atoms with Gasteiger partial charge in [0.25, 0.3) is 0 Å². The van der Waals surface area contributed by atoms with Crippen LogP contribution < -0.4 is 0 Å². The first-order valence-corrected chi connectivity index (χ1v) is 7.95. The van der Waals surface area contributed by atoms with Crippen molar-refractivity contribution in [2.45, 2.75) is 60.6 Å². The summed E-state index contributed by atoms with van der Waals surface area (Å²) in [6.45, 7) is -2.97. The first-order chi connectivity index (χ1) is 12.8. The van der Waals surface area contributed by atoms with Crippen LogP contribution in [-0.4, -0.2) is 73.7 Å². The third kappa shape index (κ3) is 3.36. The number of ether oxygens (including phenoxy) is 3. The first-order valence-electron chi connectivity index (χ1n) is 7.95. The fourth-order valence-electron chi connectivity index (χ4n) is 2.29. The fourth-order valence-corrected chi connectivity index (χ4v) is 2.29. The molecule has 0 saturated carbocycles. The molecule has 2 atom stereocenters. The monoisotopic (exact) mass is 458 g/mol. The molecule has 0 bridgehead atoms. The molecular formula is C14H14F12O3. The molecule has 2 aliphatic rings. The van der Waals surface area contributed by atoms with Gasteiger partial charge in [0, 0.05) is 6.42 Å². The van der Waals surface area contributed by atoms with Crippen LogP contribution >= 0.6 is 0 Å². The minimum atomic E-state index is -7.59. The molecule has 0 N–H and O–H groups in total. The Bertz CT molecular complexity index is 613. The summed E-state index contributed by atoms with van der Waals surface area (Å²) in [6, 6.07) is 0. The summed E-state index contributed by atoms with van der Waals surface area (Å²) in [4.78, 5) is 0. The Morgan fingerprint density at radius 1 is 0.828 bits per heavy atom. The van der Waals surface area contributed by atoms with E-state index < -0.39 is 73.5 Å². The number of halogens is 12. The highest BCUT2D eigenvalue weighted by Gasteiger charge is 2.93. The molecule has 2 fully saturated rings. The van der Waals surface area contributed by atoms with Crippen molar-refractivity contribution >= 4 is 0 Å². The topological polar surface area (TPSA) is 34.3 Å². The van der Waals surface area contributed by atoms with Gasteiger partial charge in [-0.15, -0.1) is 0 Å². The summed E-state index contributed by atoms with van der Waals surface area (Å²) in [5.74, 6) is -41.5. The Balaban J connectivity index is 2.35. The molecule has 0 aromatic heterocycles. The second kappa shape index (κ2) is 6.77. The van der Waals surface area contributed by atoms with Crippen LogP contribution in [0, 0.1) is 0 Å². The van der Waals surface area contributed by atoms with Crippen molar-refractivity contribution in [1.82, 2.24) is 0 Å². The highest BCUT2D eigenvalue weighted by atomic mass is 19.4. The van der Waals surface area contributed by atoms with E-state index in [4.69, 9.17) is 0 Å². The van der Waals surface area contributed by atoms with Gasteiger partial charge in [0.15, 0.2) is 5.60 Å². The Labute approximate surface area is 155 Å². The summed E-state index contributed by atoms with van der Waals surface area (Å²) < 4.78 is 177. The maximum Gasteiger partial charge on any atom is 0.384 e. The number of hydrogen-bond acceptors (Lipinski definition) is 3. The molecule has 3 nitrogen and oxygen atoms in total. The smallest absolute Gasteiger partial charge is 0.375 e. The molecule has 0 spiro atoms. The number of epoxide rings is 2. The molecule has 0 aliphatic carbocycles. The van der Waals surface area contributed by atoms with Crippen molar-refractivity contribution in [3.8, 4) is 0 Å². The van der Waals surface area contributed by atoms with Crippen LogP contribution in [-0.2, 0) is 14.2 Å². The molecule has 2 unspecified atom stereocenters. The lowest BCUT2D eigenvalue weighted by Crippen LogP contribution is -2.72. The van der Waals surface area contributed by atoms with Crippen LogP contribution in [0.5, 0.6) is 0 Å². The van der Waals surface area contributed by atoms with E-state index >= 15 is 0 Å². The Kier molecular flexibility index (Phi) is 5.68. The van der Waals surface area contributed by atoms with E-state index in [0.717, 1.165) is 0 Å². The molecule has 15 heteroatoms. The van der Waals surface area contributed by atoms with Crippen LogP contribution in [0.1, 0.15) is 13.3 Å². The lowest BCUT2D eigenvalue weighted by molar-refractivity contribution is -0.430. The molecule has 29 heavy (non-hydrogen) atoms. The van der Waals surface area contributed by atoms with Crippen molar-refractivity contribution in [1.29, 1.82) is 0 Å². The van der Waals surface area contributed by atoms with E-state index in [1.54, 1.807) is 0 Å². The van der Waals surface area contributed by atoms with Crippen LogP contribution in [0.4, 0.5) is 52.7 Å². The van der Waals surface area contributed by atoms with E-state index in [1.807, 2.05) is 0 Å². The SMILES string of the molecule is CCC(F)(F)C(F)(F)C(F)(F)C(F)(F)C(F)(F)C(F)(F)C1(COCC2CO2)CO1. The molecule has 2 saturated heterocycles. The normalized spacial score (nSPS) is 26.6. The van der Waals surface area contributed by atoms with Crippen molar-refractivity contribution in [2.75, 3.05) is 26.4 Å².